The Morgan fingerprint density at radius 3 is 1.90 bits per heavy atom. The second-order valence-corrected chi connectivity index (χ2v) is 7.57. The fourth-order valence-electron chi connectivity index (χ4n) is 3.84. The Labute approximate surface area is 185 Å². The number of benzene rings is 4. The van der Waals surface area contributed by atoms with Crippen molar-refractivity contribution in [2.75, 3.05) is 4.90 Å². The van der Waals surface area contributed by atoms with Crippen LogP contribution in [0.4, 0.5) is 17.1 Å². The molecule has 0 aliphatic rings. The van der Waals surface area contributed by atoms with Gasteiger partial charge in [0.05, 0.1) is 5.69 Å². The molecule has 0 unspecified atom stereocenters. The monoisotopic (exact) mass is 401 g/mol. The Kier molecular flexibility index (Phi) is 6.14. The molecule has 0 atom stereocenters. The highest BCUT2D eigenvalue weighted by atomic mass is 15.1. The van der Waals surface area contributed by atoms with Gasteiger partial charge in [0.2, 0.25) is 0 Å². The Morgan fingerprint density at radius 1 is 0.677 bits per heavy atom. The zero-order valence-electron chi connectivity index (χ0n) is 18.1. The number of nitrogens with zero attached hydrogens (tertiary/aromatic N) is 1. The Hall–Kier alpha value is -3.84. The maximum Gasteiger partial charge on any atom is 0.0539 e. The number of aryl methyl sites for hydroxylation is 1. The molecule has 0 saturated carbocycles. The van der Waals surface area contributed by atoms with Crippen molar-refractivity contribution in [1.82, 2.24) is 0 Å². The zero-order valence-corrected chi connectivity index (χ0v) is 18.1. The van der Waals surface area contributed by atoms with Gasteiger partial charge in [-0.15, -0.1) is 0 Å². The Morgan fingerprint density at radius 2 is 1.29 bits per heavy atom. The van der Waals surface area contributed by atoms with E-state index < -0.39 is 0 Å². The summed E-state index contributed by atoms with van der Waals surface area (Å²) in [6, 6.07) is 34.3. The summed E-state index contributed by atoms with van der Waals surface area (Å²) in [4.78, 5) is 2.31. The molecule has 1 heteroatoms. The summed E-state index contributed by atoms with van der Waals surface area (Å²) in [5.41, 5.74) is 9.36. The molecule has 0 N–H and O–H groups in total. The lowest BCUT2D eigenvalue weighted by molar-refractivity contribution is 1.27. The van der Waals surface area contributed by atoms with Gasteiger partial charge >= 0.3 is 0 Å². The van der Waals surface area contributed by atoms with Crippen LogP contribution in [0.5, 0.6) is 0 Å². The first-order valence-corrected chi connectivity index (χ1v) is 10.6. The van der Waals surface area contributed by atoms with Gasteiger partial charge in [0.15, 0.2) is 0 Å². The van der Waals surface area contributed by atoms with Crippen molar-refractivity contribution >= 4 is 29.2 Å². The summed E-state index contributed by atoms with van der Waals surface area (Å²) in [6.07, 6.45) is 6.15. The summed E-state index contributed by atoms with van der Waals surface area (Å²) in [6.45, 7) is 8.18. The fourth-order valence-corrected chi connectivity index (χ4v) is 3.84. The Bertz CT molecular complexity index is 1180. The minimum atomic E-state index is 1.12. The van der Waals surface area contributed by atoms with Crippen molar-refractivity contribution in [3.05, 3.63) is 126 Å². The van der Waals surface area contributed by atoms with Crippen LogP contribution in [0.3, 0.4) is 0 Å². The maximum atomic E-state index is 4.02. The van der Waals surface area contributed by atoms with Gasteiger partial charge in [-0.2, -0.15) is 0 Å². The maximum absolute atomic E-state index is 4.02. The van der Waals surface area contributed by atoms with Crippen LogP contribution in [0.25, 0.3) is 23.3 Å². The third kappa shape index (κ3) is 4.36. The van der Waals surface area contributed by atoms with E-state index in [-0.39, 0.29) is 0 Å². The van der Waals surface area contributed by atoms with Crippen LogP contribution in [0, 0.1) is 6.92 Å². The lowest BCUT2D eigenvalue weighted by Crippen LogP contribution is -2.11. The van der Waals surface area contributed by atoms with Crippen molar-refractivity contribution in [3.63, 3.8) is 0 Å². The van der Waals surface area contributed by atoms with E-state index in [2.05, 4.69) is 128 Å². The average Bonchev–Trinajstić information content (AvgIpc) is 2.82. The highest BCUT2D eigenvalue weighted by molar-refractivity contribution is 5.86. The second kappa shape index (κ2) is 9.32. The van der Waals surface area contributed by atoms with E-state index in [0.29, 0.717) is 0 Å². The van der Waals surface area contributed by atoms with E-state index in [1.807, 2.05) is 13.0 Å². The van der Waals surface area contributed by atoms with E-state index in [4.69, 9.17) is 0 Å². The lowest BCUT2D eigenvalue weighted by Gasteiger charge is -2.28. The Balaban J connectivity index is 1.84. The molecule has 1 nitrogen and oxygen atoms in total. The van der Waals surface area contributed by atoms with Crippen LogP contribution in [0.2, 0.25) is 0 Å². The van der Waals surface area contributed by atoms with Gasteiger partial charge in [0, 0.05) is 16.9 Å². The molecule has 0 saturated heterocycles. The fraction of sp³-hybridized carbons (Fsp3) is 0.0667. The smallest absolute Gasteiger partial charge is 0.0539 e. The van der Waals surface area contributed by atoms with Crippen LogP contribution in [0.15, 0.2) is 110 Å². The minimum absolute atomic E-state index is 1.12. The van der Waals surface area contributed by atoms with Crippen molar-refractivity contribution in [2.24, 2.45) is 0 Å². The molecule has 4 aromatic rings. The van der Waals surface area contributed by atoms with Crippen LogP contribution in [-0.4, -0.2) is 0 Å². The van der Waals surface area contributed by atoms with Crippen LogP contribution >= 0.6 is 0 Å². The third-order valence-electron chi connectivity index (χ3n) is 5.44. The molecule has 0 aliphatic heterocycles. The summed E-state index contributed by atoms with van der Waals surface area (Å²) in [7, 11) is 0. The van der Waals surface area contributed by atoms with Crippen molar-refractivity contribution in [3.8, 4) is 11.1 Å². The summed E-state index contributed by atoms with van der Waals surface area (Å²) in [5.74, 6) is 0. The number of hydrogen-bond donors (Lipinski definition) is 0. The highest BCUT2D eigenvalue weighted by Gasteiger charge is 2.16. The number of allylic oxidation sites excluding steroid dienone is 1. The molecule has 4 rings (SSSR count). The SMILES string of the molecule is C=Cc1cccc(N(c2ccccc2)c2ccc(-c3ccc(C)cc3)cc2)c1/C=C\C. The summed E-state index contributed by atoms with van der Waals surface area (Å²) < 4.78 is 0. The van der Waals surface area contributed by atoms with Crippen LogP contribution in [-0.2, 0) is 0 Å². The molecule has 0 aromatic heterocycles. The number of rotatable bonds is 6. The predicted octanol–water partition coefficient (Wildman–Crippen LogP) is 8.81. The molecular formula is C30H27N. The van der Waals surface area contributed by atoms with Gasteiger partial charge in [0.1, 0.15) is 0 Å². The van der Waals surface area contributed by atoms with E-state index >= 15 is 0 Å². The molecule has 0 heterocycles. The normalized spacial score (nSPS) is 10.9. The molecular weight excluding hydrogens is 374 g/mol. The van der Waals surface area contributed by atoms with Gasteiger partial charge in [-0.1, -0.05) is 97.1 Å². The summed E-state index contributed by atoms with van der Waals surface area (Å²) in [5, 5.41) is 0. The predicted molar refractivity (Wildman–Crippen MR) is 136 cm³/mol. The van der Waals surface area contributed by atoms with E-state index in [1.54, 1.807) is 0 Å². The molecule has 0 amide bonds. The van der Waals surface area contributed by atoms with Crippen molar-refractivity contribution in [1.29, 1.82) is 0 Å². The molecule has 31 heavy (non-hydrogen) atoms. The van der Waals surface area contributed by atoms with Gasteiger partial charge in [-0.05, 0) is 60.9 Å². The molecule has 0 bridgehead atoms. The molecule has 0 fully saturated rings. The minimum Gasteiger partial charge on any atom is -0.310 e. The first-order chi connectivity index (χ1) is 15.2. The topological polar surface area (TPSA) is 3.24 Å². The van der Waals surface area contributed by atoms with Crippen molar-refractivity contribution in [2.45, 2.75) is 13.8 Å². The summed E-state index contributed by atoms with van der Waals surface area (Å²) >= 11 is 0. The van der Waals surface area contributed by atoms with Gasteiger partial charge in [-0.3, -0.25) is 0 Å². The van der Waals surface area contributed by atoms with Crippen LogP contribution < -0.4 is 4.90 Å². The first kappa shape index (κ1) is 20.4. The van der Waals surface area contributed by atoms with Gasteiger partial charge in [-0.25, -0.2) is 0 Å². The van der Waals surface area contributed by atoms with E-state index in [0.717, 1.165) is 28.2 Å². The van der Waals surface area contributed by atoms with Gasteiger partial charge < -0.3 is 4.90 Å². The average molecular weight is 402 g/mol. The number of hydrogen-bond acceptors (Lipinski definition) is 1. The molecule has 0 radical (unpaired) electrons. The standard InChI is InChI=1S/C30H27N/c1-4-10-29-24(5-2)11-9-14-30(29)31(27-12-7-6-8-13-27)28-21-19-26(20-22-28)25-17-15-23(3)16-18-25/h4-22H,2H2,1,3H3/b10-4-. The molecule has 0 spiro atoms. The number of anilines is 3. The van der Waals surface area contributed by atoms with Gasteiger partial charge in [0.25, 0.3) is 0 Å². The molecule has 0 aliphatic carbocycles. The lowest BCUT2D eigenvalue weighted by atomic mass is 10.0. The van der Waals surface area contributed by atoms with E-state index in [1.165, 1.54) is 16.7 Å². The zero-order chi connectivity index (χ0) is 21.6. The largest absolute Gasteiger partial charge is 0.310 e. The number of para-hydroxylation sites is 1. The van der Waals surface area contributed by atoms with Crippen LogP contribution in [0.1, 0.15) is 23.6 Å². The highest BCUT2D eigenvalue weighted by Crippen LogP contribution is 2.39. The second-order valence-electron chi connectivity index (χ2n) is 7.57. The quantitative estimate of drug-likeness (QED) is 0.312. The molecule has 152 valence electrons. The van der Waals surface area contributed by atoms with Crippen molar-refractivity contribution < 1.29 is 0 Å². The van der Waals surface area contributed by atoms with E-state index in [9.17, 15) is 0 Å². The first-order valence-electron chi connectivity index (χ1n) is 10.6. The third-order valence-corrected chi connectivity index (χ3v) is 5.44. The molecule has 4 aromatic carbocycles.